The Morgan fingerprint density at radius 1 is 1.36 bits per heavy atom. The fraction of sp³-hybridized carbons (Fsp3) is 0. The van der Waals surface area contributed by atoms with Crippen molar-refractivity contribution in [3.8, 4) is 0 Å². The van der Waals surface area contributed by atoms with Crippen molar-refractivity contribution in [1.29, 1.82) is 0 Å². The van der Waals surface area contributed by atoms with Crippen LogP contribution in [-0.2, 0) is 0 Å². The Morgan fingerprint density at radius 2 is 1.93 bits per heavy atom. The van der Waals surface area contributed by atoms with Gasteiger partial charge in [-0.1, -0.05) is 11.6 Å². The molecule has 0 amide bonds. The third-order valence-electron chi connectivity index (χ3n) is 1.61. The van der Waals surface area contributed by atoms with Crippen LogP contribution in [0.2, 0.25) is 5.02 Å². The van der Waals surface area contributed by atoms with Gasteiger partial charge in [0.25, 0.3) is 0 Å². The zero-order valence-corrected chi connectivity index (χ0v) is 7.42. The van der Waals surface area contributed by atoms with Gasteiger partial charge in [0.2, 0.25) is 0 Å². The first-order valence-electron chi connectivity index (χ1n) is 3.47. The van der Waals surface area contributed by atoms with E-state index in [4.69, 9.17) is 21.6 Å². The number of hydrogen-bond acceptors (Lipinski definition) is 3. The minimum Gasteiger partial charge on any atom is -0.423 e. The highest BCUT2D eigenvalue weighted by Crippen LogP contribution is 2.18. The third-order valence-corrected chi connectivity index (χ3v) is 1.89. The molecular weight excluding hydrogens is 216 g/mol. The molecule has 0 atom stereocenters. The van der Waals surface area contributed by atoms with Gasteiger partial charge in [-0.05, 0) is 6.07 Å². The maximum atomic E-state index is 13.1. The van der Waals surface area contributed by atoms with Crippen LogP contribution in [0.4, 0.5) is 8.78 Å². The van der Waals surface area contributed by atoms with Gasteiger partial charge in [0.1, 0.15) is 5.82 Å². The smallest absolute Gasteiger partial charge is 0.423 e. The van der Waals surface area contributed by atoms with Gasteiger partial charge in [0.05, 0.1) is 10.6 Å². The van der Waals surface area contributed by atoms with Gasteiger partial charge in [0.15, 0.2) is 12.1 Å². The van der Waals surface area contributed by atoms with Gasteiger partial charge in [-0.15, -0.1) is 0 Å². The van der Waals surface area contributed by atoms with Crippen LogP contribution >= 0.6 is 11.6 Å². The fourth-order valence-corrected chi connectivity index (χ4v) is 1.15. The first kappa shape index (κ1) is 11.1. The molecule has 1 rings (SSSR count). The van der Waals surface area contributed by atoms with Crippen molar-refractivity contribution in [2.45, 2.75) is 0 Å². The number of benzene rings is 1. The van der Waals surface area contributed by atoms with Crippen LogP contribution in [0.25, 0.3) is 0 Å². The van der Waals surface area contributed by atoms with Gasteiger partial charge in [-0.25, -0.2) is 8.78 Å². The lowest BCUT2D eigenvalue weighted by Gasteiger charge is -2.06. The second-order valence-electron chi connectivity index (χ2n) is 2.48. The molecule has 74 valence electrons. The molecule has 0 aliphatic carbocycles. The topological polar surface area (TPSA) is 57.5 Å². The average Bonchev–Trinajstić information content (AvgIpc) is 2.12. The number of hydrogen-bond donors (Lipinski definition) is 2. The maximum Gasteiger partial charge on any atom is 0.491 e. The van der Waals surface area contributed by atoms with Gasteiger partial charge in [0, 0.05) is 5.46 Å². The van der Waals surface area contributed by atoms with Gasteiger partial charge in [-0.2, -0.15) is 0 Å². The van der Waals surface area contributed by atoms with Crippen molar-refractivity contribution in [3.63, 3.8) is 0 Å². The largest absolute Gasteiger partial charge is 0.491 e. The van der Waals surface area contributed by atoms with Crippen molar-refractivity contribution < 1.29 is 23.6 Å². The lowest BCUT2D eigenvalue weighted by atomic mass is 9.79. The monoisotopic (exact) mass is 220 g/mol. The predicted octanol–water partition coefficient (Wildman–Crippen LogP) is 0.110. The minimum absolute atomic E-state index is 0.0809. The van der Waals surface area contributed by atoms with E-state index in [0.717, 1.165) is 0 Å². The predicted molar refractivity (Wildman–Crippen MR) is 46.6 cm³/mol. The molecule has 0 heterocycles. The summed E-state index contributed by atoms with van der Waals surface area (Å²) in [5.41, 5.74) is -1.56. The summed E-state index contributed by atoms with van der Waals surface area (Å²) in [6.07, 6.45) is -0.0809. The summed E-state index contributed by atoms with van der Waals surface area (Å²) in [4.78, 5) is 10.3. The van der Waals surface area contributed by atoms with Gasteiger partial charge >= 0.3 is 7.12 Å². The van der Waals surface area contributed by atoms with E-state index in [9.17, 15) is 13.6 Å². The van der Waals surface area contributed by atoms with E-state index < -0.39 is 34.8 Å². The Morgan fingerprint density at radius 3 is 2.36 bits per heavy atom. The highest BCUT2D eigenvalue weighted by Gasteiger charge is 2.23. The number of halogens is 3. The summed E-state index contributed by atoms with van der Waals surface area (Å²) in [6.45, 7) is 0. The molecule has 0 aliphatic heterocycles. The Hall–Kier alpha value is -0.975. The van der Waals surface area contributed by atoms with Crippen LogP contribution in [-0.4, -0.2) is 23.5 Å². The van der Waals surface area contributed by atoms with Crippen molar-refractivity contribution >= 4 is 30.5 Å². The zero-order valence-electron chi connectivity index (χ0n) is 6.67. The summed E-state index contributed by atoms with van der Waals surface area (Å²) >= 11 is 5.29. The summed E-state index contributed by atoms with van der Waals surface area (Å²) in [7, 11) is -2.15. The Kier molecular flexibility index (Phi) is 3.20. The van der Waals surface area contributed by atoms with Gasteiger partial charge in [-0.3, -0.25) is 4.79 Å². The molecule has 3 nitrogen and oxygen atoms in total. The van der Waals surface area contributed by atoms with E-state index in [1.54, 1.807) is 0 Å². The van der Waals surface area contributed by atoms with Crippen molar-refractivity contribution in [2.75, 3.05) is 0 Å². The highest BCUT2D eigenvalue weighted by atomic mass is 35.5. The van der Waals surface area contributed by atoms with E-state index >= 15 is 0 Å². The quantitative estimate of drug-likeness (QED) is 0.422. The van der Waals surface area contributed by atoms with Crippen molar-refractivity contribution in [2.24, 2.45) is 0 Å². The molecule has 0 saturated carbocycles. The maximum absolute atomic E-state index is 13.1. The summed E-state index contributed by atoms with van der Waals surface area (Å²) in [5, 5.41) is 16.8. The fourth-order valence-electron chi connectivity index (χ4n) is 0.935. The molecule has 0 unspecified atom stereocenters. The van der Waals surface area contributed by atoms with E-state index in [2.05, 4.69) is 0 Å². The number of carbonyl (C=O) groups is 1. The molecule has 0 aliphatic rings. The third kappa shape index (κ3) is 1.77. The molecule has 0 saturated heterocycles. The molecule has 0 fully saturated rings. The molecule has 0 radical (unpaired) electrons. The Balaban J connectivity index is 3.50. The van der Waals surface area contributed by atoms with E-state index in [0.29, 0.717) is 6.07 Å². The molecule has 1 aromatic rings. The second-order valence-corrected chi connectivity index (χ2v) is 2.89. The molecule has 14 heavy (non-hydrogen) atoms. The van der Waals surface area contributed by atoms with Crippen molar-refractivity contribution in [3.05, 3.63) is 28.3 Å². The number of rotatable bonds is 2. The zero-order chi connectivity index (χ0) is 10.9. The highest BCUT2D eigenvalue weighted by molar-refractivity contribution is 6.59. The number of carbonyl (C=O) groups excluding carboxylic acids is 1. The second kappa shape index (κ2) is 4.04. The first-order chi connectivity index (χ1) is 6.49. The SMILES string of the molecule is O=Cc1c(F)c(Cl)cc(B(O)O)c1F. The molecule has 0 spiro atoms. The summed E-state index contributed by atoms with van der Waals surface area (Å²) < 4.78 is 26.1. The first-order valence-corrected chi connectivity index (χ1v) is 3.85. The Labute approximate surface area is 83.1 Å². The summed E-state index contributed by atoms with van der Waals surface area (Å²) in [6, 6.07) is 0.712. The molecular formula is C7H4BClF2O3. The average molecular weight is 220 g/mol. The van der Waals surface area contributed by atoms with Crippen LogP contribution in [0.1, 0.15) is 10.4 Å². The van der Waals surface area contributed by atoms with Gasteiger partial charge < -0.3 is 10.0 Å². The van der Waals surface area contributed by atoms with Crippen LogP contribution in [0.3, 0.4) is 0 Å². The Bertz CT molecular complexity index is 384. The lowest BCUT2D eigenvalue weighted by molar-refractivity contribution is 0.111. The molecule has 1 aromatic carbocycles. The van der Waals surface area contributed by atoms with Crippen LogP contribution in [0.5, 0.6) is 0 Å². The van der Waals surface area contributed by atoms with E-state index in [1.165, 1.54) is 0 Å². The summed E-state index contributed by atoms with van der Waals surface area (Å²) in [5.74, 6) is -2.54. The number of aldehydes is 1. The molecule has 7 heteroatoms. The molecule has 0 bridgehead atoms. The standard InChI is InChI=1S/C7H4BClF2O3/c9-5-1-4(8(13)14)6(10)3(2-12)7(5)11/h1-2,13-14H. The van der Waals surface area contributed by atoms with Crippen LogP contribution in [0.15, 0.2) is 6.07 Å². The normalized spacial score (nSPS) is 10.1. The molecule has 2 N–H and O–H groups in total. The van der Waals surface area contributed by atoms with E-state index in [1.807, 2.05) is 0 Å². The lowest BCUT2D eigenvalue weighted by Crippen LogP contribution is -2.34. The van der Waals surface area contributed by atoms with Crippen LogP contribution < -0.4 is 5.46 Å². The molecule has 0 aromatic heterocycles. The van der Waals surface area contributed by atoms with Crippen LogP contribution in [0, 0.1) is 11.6 Å². The van der Waals surface area contributed by atoms with E-state index in [-0.39, 0.29) is 6.29 Å². The minimum atomic E-state index is -2.15. The van der Waals surface area contributed by atoms with Crippen molar-refractivity contribution in [1.82, 2.24) is 0 Å².